The van der Waals surface area contributed by atoms with E-state index in [1.54, 1.807) is 36.4 Å². The molecule has 0 aliphatic carbocycles. The van der Waals surface area contributed by atoms with Crippen molar-refractivity contribution in [2.45, 2.75) is 26.2 Å². The van der Waals surface area contributed by atoms with Crippen molar-refractivity contribution in [1.82, 2.24) is 0 Å². The summed E-state index contributed by atoms with van der Waals surface area (Å²) in [6, 6.07) is 14.2. The number of anilines is 2. The van der Waals surface area contributed by atoms with Crippen LogP contribution in [0.25, 0.3) is 0 Å². The molecule has 0 heterocycles. The number of rotatable bonds is 7. The average Bonchev–Trinajstić information content (AvgIpc) is 2.54. The fourth-order valence-electron chi connectivity index (χ4n) is 2.01. The maximum Gasteiger partial charge on any atom is 0.255 e. The average molecular weight is 298 g/mol. The molecule has 0 saturated carbocycles. The van der Waals surface area contributed by atoms with Crippen LogP contribution in [0.1, 0.15) is 36.5 Å². The van der Waals surface area contributed by atoms with Gasteiger partial charge in [-0.1, -0.05) is 19.8 Å². The summed E-state index contributed by atoms with van der Waals surface area (Å²) in [5, 5.41) is 2.83. The zero-order valence-electron chi connectivity index (χ0n) is 12.8. The zero-order valence-corrected chi connectivity index (χ0v) is 12.8. The standard InChI is InChI=1S/C18H22N2O2/c1-2-3-4-13-22-17-11-5-14(6-12-17)18(21)20-16-9-7-15(19)8-10-16/h5-12H,2-4,13,19H2,1H3,(H,20,21). The summed E-state index contributed by atoms with van der Waals surface area (Å²) in [4.78, 5) is 12.1. The second-order valence-electron chi connectivity index (χ2n) is 5.16. The Morgan fingerprint density at radius 3 is 2.36 bits per heavy atom. The Hall–Kier alpha value is -2.49. The number of amides is 1. The van der Waals surface area contributed by atoms with Crippen LogP contribution in [0.2, 0.25) is 0 Å². The third-order valence-corrected chi connectivity index (χ3v) is 3.30. The minimum atomic E-state index is -0.151. The molecule has 116 valence electrons. The lowest BCUT2D eigenvalue weighted by atomic mass is 10.2. The fraction of sp³-hybridized carbons (Fsp3) is 0.278. The van der Waals surface area contributed by atoms with E-state index in [0.29, 0.717) is 17.9 Å². The lowest BCUT2D eigenvalue weighted by molar-refractivity contribution is 0.102. The van der Waals surface area contributed by atoms with E-state index in [1.165, 1.54) is 12.8 Å². The number of benzene rings is 2. The van der Waals surface area contributed by atoms with E-state index in [1.807, 2.05) is 12.1 Å². The van der Waals surface area contributed by atoms with E-state index in [-0.39, 0.29) is 5.91 Å². The van der Waals surface area contributed by atoms with Gasteiger partial charge >= 0.3 is 0 Å². The first-order valence-electron chi connectivity index (χ1n) is 7.59. The molecule has 3 N–H and O–H groups in total. The van der Waals surface area contributed by atoms with Crippen molar-refractivity contribution in [3.05, 3.63) is 54.1 Å². The minimum Gasteiger partial charge on any atom is -0.494 e. The number of hydrogen-bond donors (Lipinski definition) is 2. The predicted molar refractivity (Wildman–Crippen MR) is 90.3 cm³/mol. The van der Waals surface area contributed by atoms with Crippen molar-refractivity contribution in [2.75, 3.05) is 17.7 Å². The molecule has 0 spiro atoms. The van der Waals surface area contributed by atoms with Crippen molar-refractivity contribution in [3.63, 3.8) is 0 Å². The highest BCUT2D eigenvalue weighted by molar-refractivity contribution is 6.04. The summed E-state index contributed by atoms with van der Waals surface area (Å²) in [6.07, 6.45) is 3.39. The number of carbonyl (C=O) groups is 1. The van der Waals surface area contributed by atoms with Gasteiger partial charge in [0.15, 0.2) is 0 Å². The zero-order chi connectivity index (χ0) is 15.8. The van der Waals surface area contributed by atoms with E-state index in [4.69, 9.17) is 10.5 Å². The van der Waals surface area contributed by atoms with Crippen LogP contribution >= 0.6 is 0 Å². The van der Waals surface area contributed by atoms with E-state index < -0.39 is 0 Å². The second-order valence-corrected chi connectivity index (χ2v) is 5.16. The first kappa shape index (κ1) is 15.9. The molecule has 2 aromatic carbocycles. The van der Waals surface area contributed by atoms with Gasteiger partial charge in [-0.25, -0.2) is 0 Å². The number of unbranched alkanes of at least 4 members (excludes halogenated alkanes) is 2. The molecule has 0 aromatic heterocycles. The SMILES string of the molecule is CCCCCOc1ccc(C(=O)Nc2ccc(N)cc2)cc1. The molecule has 2 aromatic rings. The van der Waals surface area contributed by atoms with Gasteiger partial charge in [-0.05, 0) is 55.0 Å². The topological polar surface area (TPSA) is 64.3 Å². The summed E-state index contributed by atoms with van der Waals surface area (Å²) in [5.41, 5.74) is 7.60. The first-order valence-corrected chi connectivity index (χ1v) is 7.59. The van der Waals surface area contributed by atoms with Gasteiger partial charge in [-0.2, -0.15) is 0 Å². The number of nitrogens with two attached hydrogens (primary N) is 1. The van der Waals surface area contributed by atoms with Crippen LogP contribution in [0.4, 0.5) is 11.4 Å². The maximum atomic E-state index is 12.1. The molecule has 0 atom stereocenters. The molecule has 0 radical (unpaired) electrons. The van der Waals surface area contributed by atoms with E-state index >= 15 is 0 Å². The van der Waals surface area contributed by atoms with Crippen LogP contribution in [-0.4, -0.2) is 12.5 Å². The lowest BCUT2D eigenvalue weighted by Gasteiger charge is -2.08. The van der Waals surface area contributed by atoms with E-state index in [9.17, 15) is 4.79 Å². The Kier molecular flexibility index (Phi) is 5.83. The number of ether oxygens (including phenoxy) is 1. The van der Waals surface area contributed by atoms with E-state index in [0.717, 1.165) is 17.9 Å². The smallest absolute Gasteiger partial charge is 0.255 e. The maximum absolute atomic E-state index is 12.1. The van der Waals surface area contributed by atoms with Gasteiger partial charge in [0.2, 0.25) is 0 Å². The van der Waals surface area contributed by atoms with Crippen LogP contribution in [0.15, 0.2) is 48.5 Å². The molecule has 0 aliphatic rings. The van der Waals surface area contributed by atoms with Gasteiger partial charge in [-0.3, -0.25) is 4.79 Å². The molecule has 4 nitrogen and oxygen atoms in total. The molecule has 0 fully saturated rings. The van der Waals surface area contributed by atoms with Crippen molar-refractivity contribution in [3.8, 4) is 5.75 Å². The third kappa shape index (κ3) is 4.81. The summed E-state index contributed by atoms with van der Waals surface area (Å²) in [5.74, 6) is 0.641. The summed E-state index contributed by atoms with van der Waals surface area (Å²) in [7, 11) is 0. The van der Waals surface area contributed by atoms with Crippen molar-refractivity contribution >= 4 is 17.3 Å². The van der Waals surface area contributed by atoms with Crippen LogP contribution < -0.4 is 15.8 Å². The van der Waals surface area contributed by atoms with Crippen molar-refractivity contribution in [2.24, 2.45) is 0 Å². The van der Waals surface area contributed by atoms with Gasteiger partial charge in [0, 0.05) is 16.9 Å². The fourth-order valence-corrected chi connectivity index (χ4v) is 2.01. The highest BCUT2D eigenvalue weighted by Crippen LogP contribution is 2.15. The number of carbonyl (C=O) groups excluding carboxylic acids is 1. The summed E-state index contributed by atoms with van der Waals surface area (Å²) >= 11 is 0. The lowest BCUT2D eigenvalue weighted by Crippen LogP contribution is -2.11. The summed E-state index contributed by atoms with van der Waals surface area (Å²) < 4.78 is 5.63. The Labute approximate surface area is 131 Å². The molecule has 1 amide bonds. The number of hydrogen-bond acceptors (Lipinski definition) is 3. The molecule has 0 saturated heterocycles. The molecule has 0 unspecified atom stereocenters. The second kappa shape index (κ2) is 8.08. The van der Waals surface area contributed by atoms with Gasteiger partial charge < -0.3 is 15.8 Å². The van der Waals surface area contributed by atoms with Crippen LogP contribution in [0.3, 0.4) is 0 Å². The molecule has 0 aliphatic heterocycles. The largest absolute Gasteiger partial charge is 0.494 e. The molecule has 4 heteroatoms. The molecular weight excluding hydrogens is 276 g/mol. The van der Waals surface area contributed by atoms with Crippen LogP contribution in [0.5, 0.6) is 5.75 Å². The Morgan fingerprint density at radius 1 is 1.05 bits per heavy atom. The first-order chi connectivity index (χ1) is 10.7. The van der Waals surface area contributed by atoms with Crippen LogP contribution in [0, 0.1) is 0 Å². The minimum absolute atomic E-state index is 0.151. The molecule has 22 heavy (non-hydrogen) atoms. The molecular formula is C18H22N2O2. The number of nitrogen functional groups attached to an aromatic ring is 1. The Balaban J connectivity index is 1.89. The number of nitrogens with one attached hydrogen (secondary N) is 1. The van der Waals surface area contributed by atoms with E-state index in [2.05, 4.69) is 12.2 Å². The Bertz CT molecular complexity index is 591. The molecule has 0 bridgehead atoms. The van der Waals surface area contributed by atoms with Gasteiger partial charge in [0.05, 0.1) is 6.61 Å². The quantitative estimate of drug-likeness (QED) is 0.597. The monoisotopic (exact) mass is 298 g/mol. The van der Waals surface area contributed by atoms with Crippen molar-refractivity contribution in [1.29, 1.82) is 0 Å². The summed E-state index contributed by atoms with van der Waals surface area (Å²) in [6.45, 7) is 2.87. The van der Waals surface area contributed by atoms with Crippen molar-refractivity contribution < 1.29 is 9.53 Å². The van der Waals surface area contributed by atoms with Gasteiger partial charge in [0.1, 0.15) is 5.75 Å². The highest BCUT2D eigenvalue weighted by Gasteiger charge is 2.06. The predicted octanol–water partition coefficient (Wildman–Crippen LogP) is 4.09. The Morgan fingerprint density at radius 2 is 1.73 bits per heavy atom. The highest BCUT2D eigenvalue weighted by atomic mass is 16.5. The third-order valence-electron chi connectivity index (χ3n) is 3.30. The normalized spacial score (nSPS) is 10.2. The van der Waals surface area contributed by atoms with Crippen LogP contribution in [-0.2, 0) is 0 Å². The van der Waals surface area contributed by atoms with Gasteiger partial charge in [-0.15, -0.1) is 0 Å². The molecule has 2 rings (SSSR count). The van der Waals surface area contributed by atoms with Gasteiger partial charge in [0.25, 0.3) is 5.91 Å².